The summed E-state index contributed by atoms with van der Waals surface area (Å²) in [5.41, 5.74) is 2.53. The second kappa shape index (κ2) is 7.35. The fourth-order valence-electron chi connectivity index (χ4n) is 3.33. The molecule has 0 radical (unpaired) electrons. The van der Waals surface area contributed by atoms with E-state index in [2.05, 4.69) is 48.7 Å². The van der Waals surface area contributed by atoms with E-state index in [9.17, 15) is 4.79 Å². The van der Waals surface area contributed by atoms with Gasteiger partial charge in [-0.15, -0.1) is 0 Å². The van der Waals surface area contributed by atoms with Gasteiger partial charge in [0.15, 0.2) is 0 Å². The van der Waals surface area contributed by atoms with Crippen LogP contribution in [0.25, 0.3) is 0 Å². The maximum atomic E-state index is 12.1. The molecule has 2 aliphatic rings. The average Bonchev–Trinajstić information content (AvgIpc) is 3.38. The van der Waals surface area contributed by atoms with Crippen LogP contribution in [-0.4, -0.2) is 31.3 Å². The van der Waals surface area contributed by atoms with Crippen molar-refractivity contribution in [3.8, 4) is 0 Å². The highest BCUT2D eigenvalue weighted by Gasteiger charge is 2.36. The van der Waals surface area contributed by atoms with Gasteiger partial charge in [0.25, 0.3) is 0 Å². The van der Waals surface area contributed by atoms with Gasteiger partial charge in [-0.05, 0) is 50.0 Å². The molecule has 3 atom stereocenters. The van der Waals surface area contributed by atoms with Gasteiger partial charge >= 0.3 is 6.03 Å². The van der Waals surface area contributed by atoms with Crippen LogP contribution in [0.3, 0.4) is 0 Å². The zero-order valence-corrected chi connectivity index (χ0v) is 14.2. The van der Waals surface area contributed by atoms with Gasteiger partial charge in [-0.2, -0.15) is 0 Å². The van der Waals surface area contributed by atoms with E-state index in [1.807, 2.05) is 0 Å². The molecule has 4 nitrogen and oxygen atoms in total. The van der Waals surface area contributed by atoms with Crippen molar-refractivity contribution >= 4 is 6.03 Å². The molecule has 0 spiro atoms. The molecular formula is C19H28N2O2. The third-order valence-electron chi connectivity index (χ3n) is 4.98. The predicted molar refractivity (Wildman–Crippen MR) is 91.6 cm³/mol. The van der Waals surface area contributed by atoms with E-state index in [1.54, 1.807) is 0 Å². The van der Waals surface area contributed by atoms with Gasteiger partial charge in [-0.3, -0.25) is 0 Å². The number of rotatable bonds is 5. The summed E-state index contributed by atoms with van der Waals surface area (Å²) in [6.45, 7) is 5.67. The molecule has 4 heteroatoms. The Kier molecular flexibility index (Phi) is 5.21. The number of aryl methyl sites for hydroxylation is 1. The molecule has 23 heavy (non-hydrogen) atoms. The Morgan fingerprint density at radius 2 is 2.17 bits per heavy atom. The summed E-state index contributed by atoms with van der Waals surface area (Å²) < 4.78 is 5.81. The fourth-order valence-corrected chi connectivity index (χ4v) is 3.33. The van der Waals surface area contributed by atoms with Gasteiger partial charge < -0.3 is 15.4 Å². The van der Waals surface area contributed by atoms with Crippen LogP contribution in [0, 0.1) is 12.8 Å². The molecule has 1 aromatic rings. The third-order valence-corrected chi connectivity index (χ3v) is 4.98. The Hall–Kier alpha value is -1.55. The number of hydrogen-bond donors (Lipinski definition) is 2. The van der Waals surface area contributed by atoms with Crippen molar-refractivity contribution in [3.63, 3.8) is 0 Å². The number of hydrogen-bond acceptors (Lipinski definition) is 2. The standard InChI is InChI=1S/C19H28N2O2/c1-13-4-3-5-16(10-13)14(2)12-20-19(22)21-17-8-9-23-18(11-17)15-6-7-15/h3-5,10,14-15,17-18H,6-9,11-12H2,1-2H3,(H2,20,21,22). The minimum atomic E-state index is -0.0500. The molecule has 1 aliphatic heterocycles. The molecule has 1 heterocycles. The van der Waals surface area contributed by atoms with Crippen molar-refractivity contribution in [1.29, 1.82) is 0 Å². The summed E-state index contributed by atoms with van der Waals surface area (Å²) in [7, 11) is 0. The van der Waals surface area contributed by atoms with Crippen LogP contribution in [0.5, 0.6) is 0 Å². The molecule has 1 aliphatic carbocycles. The molecule has 1 aromatic carbocycles. The number of amides is 2. The van der Waals surface area contributed by atoms with Gasteiger partial charge in [0, 0.05) is 19.2 Å². The molecule has 126 valence electrons. The minimum absolute atomic E-state index is 0.0500. The van der Waals surface area contributed by atoms with Crippen molar-refractivity contribution in [3.05, 3.63) is 35.4 Å². The lowest BCUT2D eigenvalue weighted by atomic mass is 9.99. The monoisotopic (exact) mass is 316 g/mol. The summed E-state index contributed by atoms with van der Waals surface area (Å²) in [6, 6.07) is 8.67. The number of carbonyl (C=O) groups excluding carboxylic acids is 1. The van der Waals surface area contributed by atoms with E-state index < -0.39 is 0 Å². The Bertz CT molecular complexity index is 542. The summed E-state index contributed by atoms with van der Waals surface area (Å²) >= 11 is 0. The van der Waals surface area contributed by atoms with Crippen LogP contribution in [0.1, 0.15) is 49.7 Å². The summed E-state index contributed by atoms with van der Waals surface area (Å²) in [4.78, 5) is 12.1. The third kappa shape index (κ3) is 4.71. The molecule has 2 fully saturated rings. The molecule has 0 aromatic heterocycles. The predicted octanol–water partition coefficient (Wildman–Crippen LogP) is 3.36. The topological polar surface area (TPSA) is 50.4 Å². The van der Waals surface area contributed by atoms with Gasteiger partial charge in [0.05, 0.1) is 6.10 Å². The number of carbonyl (C=O) groups is 1. The molecule has 1 saturated carbocycles. The first-order chi connectivity index (χ1) is 11.1. The first kappa shape index (κ1) is 16.3. The quantitative estimate of drug-likeness (QED) is 0.875. The Labute approximate surface area is 139 Å². The molecule has 2 N–H and O–H groups in total. The van der Waals surface area contributed by atoms with Crippen LogP contribution in [-0.2, 0) is 4.74 Å². The smallest absolute Gasteiger partial charge is 0.315 e. The number of nitrogens with one attached hydrogen (secondary N) is 2. The maximum absolute atomic E-state index is 12.1. The summed E-state index contributed by atoms with van der Waals surface area (Å²) in [5.74, 6) is 1.05. The van der Waals surface area contributed by atoms with Crippen LogP contribution >= 0.6 is 0 Å². The zero-order chi connectivity index (χ0) is 16.2. The van der Waals surface area contributed by atoms with E-state index in [1.165, 1.54) is 24.0 Å². The lowest BCUT2D eigenvalue weighted by molar-refractivity contribution is -0.00914. The second-order valence-electron chi connectivity index (χ2n) is 7.14. The van der Waals surface area contributed by atoms with E-state index in [4.69, 9.17) is 4.74 Å². The van der Waals surface area contributed by atoms with Gasteiger partial charge in [0.1, 0.15) is 0 Å². The first-order valence-corrected chi connectivity index (χ1v) is 8.84. The lowest BCUT2D eigenvalue weighted by Gasteiger charge is -2.30. The van der Waals surface area contributed by atoms with Crippen LogP contribution in [0.15, 0.2) is 24.3 Å². The van der Waals surface area contributed by atoms with Crippen LogP contribution in [0.2, 0.25) is 0 Å². The Morgan fingerprint density at radius 3 is 2.91 bits per heavy atom. The normalized spacial score (nSPS) is 25.7. The summed E-state index contributed by atoms with van der Waals surface area (Å²) in [6.07, 6.45) is 4.82. The van der Waals surface area contributed by atoms with Crippen LogP contribution in [0.4, 0.5) is 4.79 Å². The first-order valence-electron chi connectivity index (χ1n) is 8.84. The van der Waals surface area contributed by atoms with Crippen molar-refractivity contribution in [2.75, 3.05) is 13.2 Å². The molecule has 3 unspecified atom stereocenters. The highest BCUT2D eigenvalue weighted by molar-refractivity contribution is 5.74. The summed E-state index contributed by atoms with van der Waals surface area (Å²) in [5, 5.41) is 6.14. The van der Waals surface area contributed by atoms with Crippen molar-refractivity contribution in [1.82, 2.24) is 10.6 Å². The SMILES string of the molecule is Cc1cccc(C(C)CNC(=O)NC2CCOC(C3CC3)C2)c1. The molecule has 3 rings (SSSR count). The van der Waals surface area contributed by atoms with Gasteiger partial charge in [-0.25, -0.2) is 4.79 Å². The number of benzene rings is 1. The average molecular weight is 316 g/mol. The Balaban J connectivity index is 1.42. The maximum Gasteiger partial charge on any atom is 0.315 e. The molecule has 1 saturated heterocycles. The highest BCUT2D eigenvalue weighted by atomic mass is 16.5. The molecule has 2 amide bonds. The fraction of sp³-hybridized carbons (Fsp3) is 0.632. The van der Waals surface area contributed by atoms with E-state index in [0.717, 1.165) is 25.4 Å². The number of urea groups is 1. The zero-order valence-electron chi connectivity index (χ0n) is 14.2. The van der Waals surface area contributed by atoms with Crippen molar-refractivity contribution < 1.29 is 9.53 Å². The Morgan fingerprint density at radius 1 is 1.35 bits per heavy atom. The molecule has 0 bridgehead atoms. The molecular weight excluding hydrogens is 288 g/mol. The minimum Gasteiger partial charge on any atom is -0.378 e. The van der Waals surface area contributed by atoms with E-state index in [-0.39, 0.29) is 12.1 Å². The van der Waals surface area contributed by atoms with Gasteiger partial charge in [-0.1, -0.05) is 36.8 Å². The lowest BCUT2D eigenvalue weighted by Crippen LogP contribution is -2.47. The highest BCUT2D eigenvalue weighted by Crippen LogP contribution is 2.38. The van der Waals surface area contributed by atoms with Gasteiger partial charge in [0.2, 0.25) is 0 Å². The number of ether oxygens (including phenoxy) is 1. The van der Waals surface area contributed by atoms with Crippen LogP contribution < -0.4 is 10.6 Å². The van der Waals surface area contributed by atoms with Crippen molar-refractivity contribution in [2.24, 2.45) is 5.92 Å². The second-order valence-corrected chi connectivity index (χ2v) is 7.14. The van der Waals surface area contributed by atoms with E-state index in [0.29, 0.717) is 18.6 Å². The van der Waals surface area contributed by atoms with Crippen molar-refractivity contribution in [2.45, 2.75) is 57.6 Å². The van der Waals surface area contributed by atoms with E-state index >= 15 is 0 Å². The largest absolute Gasteiger partial charge is 0.378 e.